The van der Waals surface area contributed by atoms with E-state index in [1.807, 2.05) is 25.7 Å². The highest BCUT2D eigenvalue weighted by Crippen LogP contribution is 2.21. The Kier molecular flexibility index (Phi) is 6.09. The van der Waals surface area contributed by atoms with Crippen LogP contribution in [0.1, 0.15) is 53.4 Å². The number of rotatable bonds is 3. The van der Waals surface area contributed by atoms with E-state index in [0.717, 1.165) is 44.9 Å². The Morgan fingerprint density at radius 3 is 2.73 bits per heavy atom. The lowest BCUT2D eigenvalue weighted by atomic mass is 9.95. The fourth-order valence-electron chi connectivity index (χ4n) is 3.41. The molecule has 3 atom stereocenters. The minimum absolute atomic E-state index is 0.175. The van der Waals surface area contributed by atoms with Crippen LogP contribution in [0.4, 0.5) is 4.79 Å². The highest BCUT2D eigenvalue weighted by molar-refractivity contribution is 5.68. The minimum Gasteiger partial charge on any atom is -0.444 e. The first-order chi connectivity index (χ1) is 10.4. The summed E-state index contributed by atoms with van der Waals surface area (Å²) in [6.45, 7) is 12.0. The summed E-state index contributed by atoms with van der Waals surface area (Å²) in [6, 6.07) is 0.573. The molecule has 22 heavy (non-hydrogen) atoms. The SMILES string of the molecule is CC1C(NCC2CCCNC2)CCCN1C(=O)OC(C)(C)C. The Morgan fingerprint density at radius 2 is 2.09 bits per heavy atom. The first kappa shape index (κ1) is 17.5. The van der Waals surface area contributed by atoms with Crippen LogP contribution in [0, 0.1) is 5.92 Å². The van der Waals surface area contributed by atoms with Gasteiger partial charge in [-0.25, -0.2) is 4.79 Å². The van der Waals surface area contributed by atoms with Gasteiger partial charge < -0.3 is 20.3 Å². The third kappa shape index (κ3) is 5.13. The Labute approximate surface area is 135 Å². The maximum atomic E-state index is 12.3. The highest BCUT2D eigenvalue weighted by atomic mass is 16.6. The van der Waals surface area contributed by atoms with E-state index in [2.05, 4.69) is 17.6 Å². The van der Waals surface area contributed by atoms with Gasteiger partial charge in [0.05, 0.1) is 0 Å². The molecule has 0 aromatic rings. The minimum atomic E-state index is -0.426. The second-order valence-electron chi connectivity index (χ2n) is 7.78. The molecule has 2 fully saturated rings. The smallest absolute Gasteiger partial charge is 0.410 e. The number of carbonyl (C=O) groups is 1. The number of hydrogen-bond acceptors (Lipinski definition) is 4. The van der Waals surface area contributed by atoms with E-state index in [4.69, 9.17) is 4.74 Å². The van der Waals surface area contributed by atoms with Crippen LogP contribution in [0.2, 0.25) is 0 Å². The van der Waals surface area contributed by atoms with Gasteiger partial charge in [-0.2, -0.15) is 0 Å². The van der Waals surface area contributed by atoms with Crippen LogP contribution in [-0.2, 0) is 4.74 Å². The molecule has 0 spiro atoms. The third-order valence-corrected chi connectivity index (χ3v) is 4.68. The van der Waals surface area contributed by atoms with E-state index in [9.17, 15) is 4.79 Å². The predicted octanol–water partition coefficient (Wildman–Crippen LogP) is 2.36. The quantitative estimate of drug-likeness (QED) is 0.840. The monoisotopic (exact) mass is 311 g/mol. The van der Waals surface area contributed by atoms with Crippen LogP contribution < -0.4 is 10.6 Å². The highest BCUT2D eigenvalue weighted by Gasteiger charge is 2.33. The summed E-state index contributed by atoms with van der Waals surface area (Å²) in [5.41, 5.74) is -0.426. The number of amides is 1. The number of nitrogens with one attached hydrogen (secondary N) is 2. The van der Waals surface area contributed by atoms with Crippen molar-refractivity contribution in [3.8, 4) is 0 Å². The molecule has 5 nitrogen and oxygen atoms in total. The fraction of sp³-hybridized carbons (Fsp3) is 0.941. The van der Waals surface area contributed by atoms with Crippen LogP contribution in [0.5, 0.6) is 0 Å². The molecule has 0 bridgehead atoms. The molecule has 2 aliphatic heterocycles. The second kappa shape index (κ2) is 7.64. The molecule has 128 valence electrons. The number of piperidine rings is 2. The molecule has 3 unspecified atom stereocenters. The molecule has 1 amide bonds. The zero-order valence-corrected chi connectivity index (χ0v) is 14.7. The second-order valence-corrected chi connectivity index (χ2v) is 7.78. The standard InChI is InChI=1S/C17H33N3O2/c1-13-15(19-12-14-7-5-9-18-11-14)8-6-10-20(13)16(21)22-17(2,3)4/h13-15,18-19H,5-12H2,1-4H3. The van der Waals surface area contributed by atoms with Gasteiger partial charge in [0.1, 0.15) is 5.60 Å². The molecular formula is C17H33N3O2. The molecule has 2 saturated heterocycles. The van der Waals surface area contributed by atoms with Crippen molar-refractivity contribution in [3.05, 3.63) is 0 Å². The van der Waals surface area contributed by atoms with Crippen LogP contribution in [0.3, 0.4) is 0 Å². The molecule has 2 aliphatic rings. The first-order valence-corrected chi connectivity index (χ1v) is 8.80. The van der Waals surface area contributed by atoms with E-state index in [1.165, 1.54) is 12.8 Å². The van der Waals surface area contributed by atoms with Gasteiger partial charge in [0.15, 0.2) is 0 Å². The average molecular weight is 311 g/mol. The van der Waals surface area contributed by atoms with E-state index in [1.54, 1.807) is 0 Å². The number of likely N-dealkylation sites (tertiary alicyclic amines) is 1. The van der Waals surface area contributed by atoms with E-state index in [-0.39, 0.29) is 12.1 Å². The van der Waals surface area contributed by atoms with Gasteiger partial charge in [0.25, 0.3) is 0 Å². The van der Waals surface area contributed by atoms with Gasteiger partial charge in [-0.05, 0) is 78.9 Å². The number of nitrogens with zero attached hydrogens (tertiary/aromatic N) is 1. The Morgan fingerprint density at radius 1 is 1.32 bits per heavy atom. The molecule has 5 heteroatoms. The summed E-state index contributed by atoms with van der Waals surface area (Å²) in [4.78, 5) is 14.2. The lowest BCUT2D eigenvalue weighted by Gasteiger charge is -2.41. The summed E-state index contributed by atoms with van der Waals surface area (Å²) in [7, 11) is 0. The maximum Gasteiger partial charge on any atom is 0.410 e. The maximum absolute atomic E-state index is 12.3. The molecule has 0 aromatic carbocycles. The molecule has 2 N–H and O–H groups in total. The van der Waals surface area contributed by atoms with Crippen LogP contribution in [0.15, 0.2) is 0 Å². The Hall–Kier alpha value is -0.810. The molecule has 0 aromatic heterocycles. The van der Waals surface area contributed by atoms with Gasteiger partial charge in [-0.3, -0.25) is 0 Å². The van der Waals surface area contributed by atoms with Crippen molar-refractivity contribution in [1.29, 1.82) is 0 Å². The predicted molar refractivity (Wildman–Crippen MR) is 89.0 cm³/mol. The molecule has 0 saturated carbocycles. The van der Waals surface area contributed by atoms with Crippen molar-refractivity contribution in [1.82, 2.24) is 15.5 Å². The van der Waals surface area contributed by atoms with Gasteiger partial charge in [0, 0.05) is 18.6 Å². The Balaban J connectivity index is 1.83. The Bertz CT molecular complexity index is 361. The average Bonchev–Trinajstić information content (AvgIpc) is 2.45. The normalized spacial score (nSPS) is 30.2. The lowest BCUT2D eigenvalue weighted by Crippen LogP contribution is -2.56. The summed E-state index contributed by atoms with van der Waals surface area (Å²) in [5, 5.41) is 7.16. The van der Waals surface area contributed by atoms with Crippen molar-refractivity contribution in [2.24, 2.45) is 5.92 Å². The van der Waals surface area contributed by atoms with Crippen molar-refractivity contribution in [2.45, 2.75) is 71.1 Å². The molecule has 0 aliphatic carbocycles. The molecule has 0 radical (unpaired) electrons. The zero-order chi connectivity index (χ0) is 16.2. The van der Waals surface area contributed by atoms with Crippen molar-refractivity contribution >= 4 is 6.09 Å². The largest absolute Gasteiger partial charge is 0.444 e. The van der Waals surface area contributed by atoms with Crippen molar-refractivity contribution in [2.75, 3.05) is 26.2 Å². The van der Waals surface area contributed by atoms with Crippen LogP contribution >= 0.6 is 0 Å². The summed E-state index contributed by atoms with van der Waals surface area (Å²) < 4.78 is 5.54. The third-order valence-electron chi connectivity index (χ3n) is 4.68. The molecule has 2 heterocycles. The molecular weight excluding hydrogens is 278 g/mol. The van der Waals surface area contributed by atoms with Crippen molar-refractivity contribution < 1.29 is 9.53 Å². The summed E-state index contributed by atoms with van der Waals surface area (Å²) in [6.07, 6.45) is 4.59. The van der Waals surface area contributed by atoms with Gasteiger partial charge in [-0.1, -0.05) is 0 Å². The fourth-order valence-corrected chi connectivity index (χ4v) is 3.41. The summed E-state index contributed by atoms with van der Waals surface area (Å²) >= 11 is 0. The van der Waals surface area contributed by atoms with Gasteiger partial charge in [-0.15, -0.1) is 0 Å². The first-order valence-electron chi connectivity index (χ1n) is 8.80. The van der Waals surface area contributed by atoms with Gasteiger partial charge >= 0.3 is 6.09 Å². The van der Waals surface area contributed by atoms with Crippen LogP contribution in [0.25, 0.3) is 0 Å². The van der Waals surface area contributed by atoms with Gasteiger partial charge in [0.2, 0.25) is 0 Å². The molecule has 2 rings (SSSR count). The summed E-state index contributed by atoms with van der Waals surface area (Å²) in [5.74, 6) is 0.720. The van der Waals surface area contributed by atoms with Crippen molar-refractivity contribution in [3.63, 3.8) is 0 Å². The number of ether oxygens (including phenoxy) is 1. The zero-order valence-electron chi connectivity index (χ0n) is 14.7. The topological polar surface area (TPSA) is 53.6 Å². The van der Waals surface area contributed by atoms with Crippen LogP contribution in [-0.4, -0.2) is 54.9 Å². The number of hydrogen-bond donors (Lipinski definition) is 2. The lowest BCUT2D eigenvalue weighted by molar-refractivity contribution is 0.00682. The van der Waals surface area contributed by atoms with E-state index >= 15 is 0 Å². The van der Waals surface area contributed by atoms with E-state index in [0.29, 0.717) is 6.04 Å². The van der Waals surface area contributed by atoms with E-state index < -0.39 is 5.60 Å². The number of carbonyl (C=O) groups excluding carboxylic acids is 1.